The largest absolute Gasteiger partial charge is 0.394 e. The third-order valence-electron chi connectivity index (χ3n) is 1.44. The molecule has 1 aromatic heterocycles. The van der Waals surface area contributed by atoms with Gasteiger partial charge in [0.1, 0.15) is 0 Å². The Kier molecular flexibility index (Phi) is 3.41. The summed E-state index contributed by atoms with van der Waals surface area (Å²) in [5, 5.41) is 17.9. The molecule has 0 radical (unpaired) electrons. The molecule has 0 aliphatic carbocycles. The summed E-state index contributed by atoms with van der Waals surface area (Å²) in [5.41, 5.74) is -0.503. The first-order chi connectivity index (χ1) is 6.13. The summed E-state index contributed by atoms with van der Waals surface area (Å²) in [5.74, 6) is 0. The van der Waals surface area contributed by atoms with Gasteiger partial charge >= 0.3 is 5.69 Å². The Labute approximate surface area is 79.2 Å². The van der Waals surface area contributed by atoms with Crippen LogP contribution in [0, 0.1) is 0 Å². The first-order valence-electron chi connectivity index (χ1n) is 3.64. The molecule has 1 aromatic rings. The van der Waals surface area contributed by atoms with E-state index < -0.39 is 18.4 Å². The minimum Gasteiger partial charge on any atom is -0.394 e. The number of aromatic nitrogens is 2. The van der Waals surface area contributed by atoms with Crippen molar-refractivity contribution in [1.29, 1.82) is 0 Å². The number of hydrogen-bond donors (Lipinski definition) is 2. The number of rotatable bonds is 3. The van der Waals surface area contributed by atoms with Crippen molar-refractivity contribution in [3.05, 3.63) is 27.9 Å². The molecule has 0 aliphatic heterocycles. The predicted molar refractivity (Wildman–Crippen MR) is 46.6 cm³/mol. The third-order valence-corrected chi connectivity index (χ3v) is 1.64. The van der Waals surface area contributed by atoms with Gasteiger partial charge < -0.3 is 10.2 Å². The molecule has 0 spiro atoms. The molecule has 0 saturated carbocycles. The molecule has 1 unspecified atom stereocenters. The van der Waals surface area contributed by atoms with E-state index in [1.54, 1.807) is 0 Å². The fourth-order valence-electron chi connectivity index (χ4n) is 0.844. The zero-order chi connectivity index (χ0) is 9.84. The molecule has 6 heteroatoms. The molecular formula is C7H9ClN2O3. The highest BCUT2D eigenvalue weighted by Crippen LogP contribution is 2.01. The quantitative estimate of drug-likeness (QED) is 0.680. The molecule has 0 bridgehead atoms. The first kappa shape index (κ1) is 10.2. The lowest BCUT2D eigenvalue weighted by Gasteiger charge is -2.08. The van der Waals surface area contributed by atoms with Crippen molar-refractivity contribution in [3.63, 3.8) is 0 Å². The Bertz CT molecular complexity index is 339. The Hall–Kier alpha value is -0.910. The Morgan fingerprint density at radius 1 is 1.69 bits per heavy atom. The SMILES string of the molecule is O=c1ncc(Cl)cn1CC(O)CO. The van der Waals surface area contributed by atoms with Gasteiger partial charge in [-0.3, -0.25) is 4.57 Å². The Morgan fingerprint density at radius 3 is 3.00 bits per heavy atom. The van der Waals surface area contributed by atoms with E-state index >= 15 is 0 Å². The smallest absolute Gasteiger partial charge is 0.347 e. The van der Waals surface area contributed by atoms with Crippen LogP contribution in [-0.4, -0.2) is 32.5 Å². The molecule has 5 nitrogen and oxygen atoms in total. The highest BCUT2D eigenvalue weighted by atomic mass is 35.5. The van der Waals surface area contributed by atoms with Gasteiger partial charge in [0.05, 0.1) is 30.5 Å². The van der Waals surface area contributed by atoms with Crippen LogP contribution in [0.25, 0.3) is 0 Å². The maximum Gasteiger partial charge on any atom is 0.347 e. The number of hydrogen-bond acceptors (Lipinski definition) is 4. The van der Waals surface area contributed by atoms with Gasteiger partial charge in [0.2, 0.25) is 0 Å². The zero-order valence-corrected chi connectivity index (χ0v) is 7.48. The third kappa shape index (κ3) is 2.80. The van der Waals surface area contributed by atoms with E-state index in [1.165, 1.54) is 12.4 Å². The van der Waals surface area contributed by atoms with Crippen molar-refractivity contribution in [1.82, 2.24) is 9.55 Å². The monoisotopic (exact) mass is 204 g/mol. The van der Waals surface area contributed by atoms with E-state index in [0.29, 0.717) is 5.02 Å². The second kappa shape index (κ2) is 4.36. The molecular weight excluding hydrogens is 196 g/mol. The highest BCUT2D eigenvalue weighted by molar-refractivity contribution is 6.30. The van der Waals surface area contributed by atoms with E-state index in [1.807, 2.05) is 0 Å². The average molecular weight is 205 g/mol. The topological polar surface area (TPSA) is 75.4 Å². The summed E-state index contributed by atoms with van der Waals surface area (Å²) in [6, 6.07) is 0. The van der Waals surface area contributed by atoms with Crippen LogP contribution in [-0.2, 0) is 6.54 Å². The Balaban J connectivity index is 2.87. The minimum absolute atomic E-state index is 0.0110. The average Bonchev–Trinajstić information content (AvgIpc) is 2.11. The van der Waals surface area contributed by atoms with Crippen LogP contribution in [0.5, 0.6) is 0 Å². The molecule has 0 fully saturated rings. The zero-order valence-electron chi connectivity index (χ0n) is 6.72. The number of nitrogens with zero attached hydrogens (tertiary/aromatic N) is 2. The van der Waals surface area contributed by atoms with Crippen LogP contribution in [0.4, 0.5) is 0 Å². The van der Waals surface area contributed by atoms with E-state index in [2.05, 4.69) is 4.98 Å². The van der Waals surface area contributed by atoms with Crippen molar-refractivity contribution >= 4 is 11.6 Å². The number of aliphatic hydroxyl groups is 2. The van der Waals surface area contributed by atoms with Crippen LogP contribution in [0.1, 0.15) is 0 Å². The van der Waals surface area contributed by atoms with Gasteiger partial charge in [-0.2, -0.15) is 0 Å². The number of aliphatic hydroxyl groups excluding tert-OH is 2. The predicted octanol–water partition coefficient (Wildman–Crippen LogP) is -0.750. The van der Waals surface area contributed by atoms with Crippen LogP contribution >= 0.6 is 11.6 Å². The van der Waals surface area contributed by atoms with Gasteiger partial charge in [0.25, 0.3) is 0 Å². The summed E-state index contributed by atoms with van der Waals surface area (Å²) in [7, 11) is 0. The molecule has 1 atom stereocenters. The van der Waals surface area contributed by atoms with Crippen LogP contribution in [0.2, 0.25) is 5.02 Å². The van der Waals surface area contributed by atoms with Gasteiger partial charge in [-0.05, 0) is 0 Å². The summed E-state index contributed by atoms with van der Waals surface area (Å²) < 4.78 is 1.14. The fourth-order valence-corrected chi connectivity index (χ4v) is 1.01. The molecule has 0 aliphatic rings. The summed E-state index contributed by atoms with van der Waals surface area (Å²) in [6.45, 7) is -0.415. The molecule has 2 N–H and O–H groups in total. The van der Waals surface area contributed by atoms with E-state index in [-0.39, 0.29) is 6.54 Å². The maximum atomic E-state index is 11.0. The van der Waals surface area contributed by atoms with Crippen molar-refractivity contribution in [2.24, 2.45) is 0 Å². The van der Waals surface area contributed by atoms with Crippen molar-refractivity contribution in [2.45, 2.75) is 12.6 Å². The van der Waals surface area contributed by atoms with Crippen LogP contribution in [0.3, 0.4) is 0 Å². The maximum absolute atomic E-state index is 11.0. The van der Waals surface area contributed by atoms with E-state index in [9.17, 15) is 4.79 Å². The molecule has 0 amide bonds. The molecule has 72 valence electrons. The lowest BCUT2D eigenvalue weighted by atomic mass is 10.4. The fraction of sp³-hybridized carbons (Fsp3) is 0.429. The van der Waals surface area contributed by atoms with Crippen molar-refractivity contribution in [2.75, 3.05) is 6.61 Å². The van der Waals surface area contributed by atoms with Gasteiger partial charge in [0.15, 0.2) is 0 Å². The van der Waals surface area contributed by atoms with Crippen LogP contribution in [0.15, 0.2) is 17.2 Å². The first-order valence-corrected chi connectivity index (χ1v) is 4.02. The van der Waals surface area contributed by atoms with Crippen LogP contribution < -0.4 is 5.69 Å². The summed E-state index contributed by atoms with van der Waals surface area (Å²) >= 11 is 5.58. The van der Waals surface area contributed by atoms with E-state index in [0.717, 1.165) is 4.57 Å². The van der Waals surface area contributed by atoms with E-state index in [4.69, 9.17) is 21.8 Å². The highest BCUT2D eigenvalue weighted by Gasteiger charge is 2.05. The van der Waals surface area contributed by atoms with Gasteiger partial charge in [-0.1, -0.05) is 11.6 Å². The molecule has 1 rings (SSSR count). The van der Waals surface area contributed by atoms with Crippen molar-refractivity contribution in [3.8, 4) is 0 Å². The lowest BCUT2D eigenvalue weighted by Crippen LogP contribution is -2.29. The normalized spacial score (nSPS) is 12.8. The molecule has 1 heterocycles. The second-order valence-electron chi connectivity index (χ2n) is 2.54. The van der Waals surface area contributed by atoms with Gasteiger partial charge in [-0.15, -0.1) is 0 Å². The standard InChI is InChI=1S/C7H9ClN2O3/c8-5-1-9-7(13)10(2-5)3-6(12)4-11/h1-2,6,11-12H,3-4H2. The lowest BCUT2D eigenvalue weighted by molar-refractivity contribution is 0.0800. The Morgan fingerprint density at radius 2 is 2.38 bits per heavy atom. The van der Waals surface area contributed by atoms with Gasteiger partial charge in [-0.25, -0.2) is 9.78 Å². The molecule has 0 aromatic carbocycles. The minimum atomic E-state index is -0.974. The second-order valence-corrected chi connectivity index (χ2v) is 2.98. The van der Waals surface area contributed by atoms with Crippen molar-refractivity contribution < 1.29 is 10.2 Å². The molecule has 13 heavy (non-hydrogen) atoms. The summed E-state index contributed by atoms with van der Waals surface area (Å²) in [6.07, 6.45) is 1.61. The number of halogens is 1. The molecule has 0 saturated heterocycles. The summed E-state index contributed by atoms with van der Waals surface area (Å²) in [4.78, 5) is 14.5. The van der Waals surface area contributed by atoms with Gasteiger partial charge in [0, 0.05) is 6.20 Å².